The van der Waals surface area contributed by atoms with Crippen molar-refractivity contribution >= 4 is 29.5 Å². The van der Waals surface area contributed by atoms with Crippen LogP contribution in [0.15, 0.2) is 53.5 Å². The first-order valence-electron chi connectivity index (χ1n) is 6.73. The lowest BCUT2D eigenvalue weighted by Crippen LogP contribution is -2.04. The lowest BCUT2D eigenvalue weighted by molar-refractivity contribution is -0.131. The molecule has 1 amide bonds. The summed E-state index contributed by atoms with van der Waals surface area (Å²) in [6, 6.07) is 14.3. The lowest BCUT2D eigenvalue weighted by atomic mass is 10.2. The van der Waals surface area contributed by atoms with Crippen molar-refractivity contribution in [2.24, 2.45) is 4.99 Å². The van der Waals surface area contributed by atoms with Crippen molar-refractivity contribution in [1.82, 2.24) is 0 Å². The van der Waals surface area contributed by atoms with Gasteiger partial charge in [0.25, 0.3) is 0 Å². The molecule has 0 saturated carbocycles. The molecule has 0 aliphatic heterocycles. The molecule has 112 valence electrons. The summed E-state index contributed by atoms with van der Waals surface area (Å²) in [4.78, 5) is 26.1. The van der Waals surface area contributed by atoms with Gasteiger partial charge in [-0.3, -0.25) is 14.6 Å². The highest BCUT2D eigenvalue weighted by atomic mass is 16.5. The van der Waals surface area contributed by atoms with Crippen LogP contribution in [-0.4, -0.2) is 18.1 Å². The second-order valence-corrected chi connectivity index (χ2v) is 4.65. The smallest absolute Gasteiger partial charge is 0.308 e. The monoisotopic (exact) mass is 296 g/mol. The van der Waals surface area contributed by atoms with E-state index in [1.165, 1.54) is 13.8 Å². The average molecular weight is 296 g/mol. The number of aliphatic imine (C=N–C) groups is 1. The van der Waals surface area contributed by atoms with Crippen molar-refractivity contribution in [3.8, 4) is 5.75 Å². The van der Waals surface area contributed by atoms with Crippen LogP contribution in [0.1, 0.15) is 19.4 Å². The van der Waals surface area contributed by atoms with Crippen molar-refractivity contribution in [3.63, 3.8) is 0 Å². The standard InChI is InChI=1S/C17H16N2O3/c1-12(20)19-16-7-5-15(6-8-16)18-11-14-3-9-17(10-4-14)22-13(2)21/h3-11H,1-2H3,(H,19,20). The minimum Gasteiger partial charge on any atom is -0.427 e. The Morgan fingerprint density at radius 2 is 1.64 bits per heavy atom. The van der Waals surface area contributed by atoms with E-state index in [1.54, 1.807) is 30.5 Å². The summed E-state index contributed by atoms with van der Waals surface area (Å²) in [7, 11) is 0. The summed E-state index contributed by atoms with van der Waals surface area (Å²) >= 11 is 0. The Hall–Kier alpha value is -2.95. The average Bonchev–Trinajstić information content (AvgIpc) is 2.47. The molecule has 1 N–H and O–H groups in total. The van der Waals surface area contributed by atoms with E-state index in [0.29, 0.717) is 5.75 Å². The molecule has 0 fully saturated rings. The molecule has 0 aliphatic rings. The van der Waals surface area contributed by atoms with Crippen molar-refractivity contribution in [3.05, 3.63) is 54.1 Å². The molecule has 5 nitrogen and oxygen atoms in total. The number of rotatable bonds is 4. The first kappa shape index (κ1) is 15.4. The van der Waals surface area contributed by atoms with Gasteiger partial charge in [0.05, 0.1) is 5.69 Å². The molecule has 0 aromatic heterocycles. The molecule has 2 rings (SSSR count). The SMILES string of the molecule is CC(=O)Nc1ccc(N=Cc2ccc(OC(C)=O)cc2)cc1. The number of nitrogens with one attached hydrogen (secondary N) is 1. The van der Waals surface area contributed by atoms with E-state index in [4.69, 9.17) is 4.74 Å². The predicted molar refractivity (Wildman–Crippen MR) is 85.8 cm³/mol. The maximum Gasteiger partial charge on any atom is 0.308 e. The second kappa shape index (κ2) is 7.17. The van der Waals surface area contributed by atoms with Crippen molar-refractivity contribution in [2.75, 3.05) is 5.32 Å². The molecule has 0 spiro atoms. The van der Waals surface area contributed by atoms with Crippen LogP contribution < -0.4 is 10.1 Å². The van der Waals surface area contributed by atoms with Crippen molar-refractivity contribution in [2.45, 2.75) is 13.8 Å². The molecule has 0 atom stereocenters. The highest BCUT2D eigenvalue weighted by Crippen LogP contribution is 2.17. The number of ether oxygens (including phenoxy) is 1. The van der Waals surface area contributed by atoms with E-state index in [2.05, 4.69) is 10.3 Å². The summed E-state index contributed by atoms with van der Waals surface area (Å²) in [5, 5.41) is 2.70. The molecule has 0 bridgehead atoms. The number of carbonyl (C=O) groups is 2. The highest BCUT2D eigenvalue weighted by molar-refractivity contribution is 5.89. The van der Waals surface area contributed by atoms with Gasteiger partial charge in [0, 0.05) is 25.7 Å². The van der Waals surface area contributed by atoms with Gasteiger partial charge < -0.3 is 10.1 Å². The van der Waals surface area contributed by atoms with Crippen LogP contribution in [-0.2, 0) is 9.59 Å². The minimum atomic E-state index is -0.347. The molecule has 0 unspecified atom stereocenters. The van der Waals surface area contributed by atoms with Gasteiger partial charge in [-0.05, 0) is 54.1 Å². The number of esters is 1. The van der Waals surface area contributed by atoms with Gasteiger partial charge in [-0.15, -0.1) is 0 Å². The third-order valence-corrected chi connectivity index (χ3v) is 2.69. The van der Waals surface area contributed by atoms with Gasteiger partial charge in [-0.1, -0.05) is 0 Å². The summed E-state index contributed by atoms with van der Waals surface area (Å²) in [6.07, 6.45) is 1.71. The molecular formula is C17H16N2O3. The topological polar surface area (TPSA) is 67.8 Å². The second-order valence-electron chi connectivity index (χ2n) is 4.65. The van der Waals surface area contributed by atoms with Gasteiger partial charge in [-0.2, -0.15) is 0 Å². The van der Waals surface area contributed by atoms with Crippen LogP contribution in [0.5, 0.6) is 5.75 Å². The molecule has 2 aromatic rings. The number of benzene rings is 2. The van der Waals surface area contributed by atoms with E-state index in [9.17, 15) is 9.59 Å². The number of carbonyl (C=O) groups excluding carboxylic acids is 2. The Labute approximate surface area is 128 Å². The molecule has 0 radical (unpaired) electrons. The Bertz CT molecular complexity index is 627. The Balaban J connectivity index is 2.01. The first-order chi connectivity index (χ1) is 10.5. The largest absolute Gasteiger partial charge is 0.427 e. The number of amides is 1. The minimum absolute atomic E-state index is 0.107. The lowest BCUT2D eigenvalue weighted by Gasteiger charge is -2.02. The van der Waals surface area contributed by atoms with Gasteiger partial charge in [0.15, 0.2) is 0 Å². The van der Waals surface area contributed by atoms with Crippen LogP contribution >= 0.6 is 0 Å². The molecule has 22 heavy (non-hydrogen) atoms. The zero-order valence-electron chi connectivity index (χ0n) is 12.4. The van der Waals surface area contributed by atoms with Crippen LogP contribution in [0.4, 0.5) is 11.4 Å². The number of anilines is 1. The molecule has 0 aliphatic carbocycles. The van der Waals surface area contributed by atoms with Crippen molar-refractivity contribution < 1.29 is 14.3 Å². The zero-order valence-corrected chi connectivity index (χ0v) is 12.4. The summed E-state index contributed by atoms with van der Waals surface area (Å²) in [5.41, 5.74) is 2.40. The predicted octanol–water partition coefficient (Wildman–Crippen LogP) is 3.32. The first-order valence-corrected chi connectivity index (χ1v) is 6.73. The quantitative estimate of drug-likeness (QED) is 0.534. The molecule has 5 heteroatoms. The Morgan fingerprint density at radius 1 is 1.00 bits per heavy atom. The number of nitrogens with zero attached hydrogens (tertiary/aromatic N) is 1. The van der Waals surface area contributed by atoms with E-state index >= 15 is 0 Å². The summed E-state index contributed by atoms with van der Waals surface area (Å²) < 4.78 is 4.96. The fraction of sp³-hybridized carbons (Fsp3) is 0.118. The van der Waals surface area contributed by atoms with Gasteiger partial charge >= 0.3 is 5.97 Å². The molecule has 2 aromatic carbocycles. The zero-order chi connectivity index (χ0) is 15.9. The summed E-state index contributed by atoms with van der Waals surface area (Å²) in [6.45, 7) is 2.82. The van der Waals surface area contributed by atoms with E-state index in [1.807, 2.05) is 24.3 Å². The Morgan fingerprint density at radius 3 is 2.18 bits per heavy atom. The van der Waals surface area contributed by atoms with Crippen LogP contribution in [0.2, 0.25) is 0 Å². The summed E-state index contributed by atoms with van der Waals surface area (Å²) in [5.74, 6) is 0.0501. The third-order valence-electron chi connectivity index (χ3n) is 2.69. The normalized spacial score (nSPS) is 10.5. The van der Waals surface area contributed by atoms with Gasteiger partial charge in [0.2, 0.25) is 5.91 Å². The number of hydrogen-bond acceptors (Lipinski definition) is 4. The van der Waals surface area contributed by atoms with E-state index in [0.717, 1.165) is 16.9 Å². The van der Waals surface area contributed by atoms with E-state index in [-0.39, 0.29) is 11.9 Å². The van der Waals surface area contributed by atoms with Crippen LogP contribution in [0.25, 0.3) is 0 Å². The van der Waals surface area contributed by atoms with E-state index < -0.39 is 0 Å². The third kappa shape index (κ3) is 4.86. The van der Waals surface area contributed by atoms with Gasteiger partial charge in [-0.25, -0.2) is 0 Å². The molecular weight excluding hydrogens is 280 g/mol. The highest BCUT2D eigenvalue weighted by Gasteiger charge is 1.98. The maximum absolute atomic E-state index is 10.9. The van der Waals surface area contributed by atoms with Crippen LogP contribution in [0.3, 0.4) is 0 Å². The Kier molecular flexibility index (Phi) is 5.03. The maximum atomic E-state index is 10.9. The molecule has 0 heterocycles. The fourth-order valence-corrected chi connectivity index (χ4v) is 1.77. The van der Waals surface area contributed by atoms with Crippen molar-refractivity contribution in [1.29, 1.82) is 0 Å². The van der Waals surface area contributed by atoms with Gasteiger partial charge in [0.1, 0.15) is 5.75 Å². The van der Waals surface area contributed by atoms with Crippen LogP contribution in [0, 0.1) is 0 Å². The molecule has 0 saturated heterocycles. The number of hydrogen-bond donors (Lipinski definition) is 1. The fourth-order valence-electron chi connectivity index (χ4n) is 1.77.